The molecule has 0 saturated heterocycles. The van der Waals surface area contributed by atoms with E-state index in [0.717, 1.165) is 32.2 Å². The highest BCUT2D eigenvalue weighted by atomic mass is 16.2. The van der Waals surface area contributed by atoms with Gasteiger partial charge in [-0.05, 0) is 25.5 Å². The lowest BCUT2D eigenvalue weighted by Crippen LogP contribution is -2.11. The van der Waals surface area contributed by atoms with Crippen molar-refractivity contribution in [3.8, 4) is 0 Å². The predicted octanol–water partition coefficient (Wildman–Crippen LogP) is 1.69. The van der Waals surface area contributed by atoms with Crippen molar-refractivity contribution in [2.75, 3.05) is 13.6 Å². The first-order valence-electron chi connectivity index (χ1n) is 3.49. The Kier molecular flexibility index (Phi) is 23.7. The Labute approximate surface area is 76.3 Å². The number of carbonyl (C=O) groups is 1. The van der Waals surface area contributed by atoms with Crippen LogP contribution in [0.4, 0.5) is 0 Å². The van der Waals surface area contributed by atoms with Gasteiger partial charge in [-0.25, -0.2) is 0 Å². The van der Waals surface area contributed by atoms with E-state index in [1.165, 1.54) is 0 Å². The fourth-order valence-electron chi connectivity index (χ4n) is 0.651. The number of hydrogen-bond donors (Lipinski definition) is 1. The molecule has 0 aromatic heterocycles. The van der Waals surface area contributed by atoms with Crippen LogP contribution in [0.15, 0.2) is 4.99 Å². The molecule has 0 spiro atoms. The molecular formula is C9H21N2O+. The van der Waals surface area contributed by atoms with Crippen LogP contribution in [-0.2, 0) is 4.79 Å². The van der Waals surface area contributed by atoms with Gasteiger partial charge in [-0.2, -0.15) is 0 Å². The molecule has 0 atom stereocenters. The molecule has 72 valence electrons. The van der Waals surface area contributed by atoms with Gasteiger partial charge in [0.15, 0.2) is 0 Å². The lowest BCUT2D eigenvalue weighted by atomic mass is 10.2. The zero-order valence-corrected chi connectivity index (χ0v) is 7.34. The van der Waals surface area contributed by atoms with Gasteiger partial charge in [0.2, 0.25) is 6.41 Å². The van der Waals surface area contributed by atoms with E-state index in [4.69, 9.17) is 0 Å². The van der Waals surface area contributed by atoms with Gasteiger partial charge in [-0.1, -0.05) is 7.43 Å². The smallest absolute Gasteiger partial charge is 0.207 e. The molecule has 0 aromatic carbocycles. The molecule has 0 radical (unpaired) electrons. The first-order valence-corrected chi connectivity index (χ1v) is 3.49. The maximum Gasteiger partial charge on any atom is 0.207 e. The first kappa shape index (κ1) is 17.2. The molecule has 0 aliphatic rings. The second-order valence-electron chi connectivity index (χ2n) is 2.01. The van der Waals surface area contributed by atoms with E-state index in [1.54, 1.807) is 7.05 Å². The fraction of sp³-hybridized carbons (Fsp3) is 0.667. The number of nitrogens with one attached hydrogen (secondary N) is 1. The van der Waals surface area contributed by atoms with Gasteiger partial charge in [0.25, 0.3) is 0 Å². The van der Waals surface area contributed by atoms with Gasteiger partial charge in [0.05, 0.1) is 0 Å². The molecule has 0 rings (SSSR count). The van der Waals surface area contributed by atoms with Crippen molar-refractivity contribution in [1.82, 2.24) is 5.32 Å². The highest BCUT2D eigenvalue weighted by molar-refractivity contribution is 5.56. The second kappa shape index (κ2) is 16.5. The summed E-state index contributed by atoms with van der Waals surface area (Å²) in [6.07, 6.45) is 5.76. The van der Waals surface area contributed by atoms with Gasteiger partial charge in [0, 0.05) is 21.0 Å². The molecule has 0 bridgehead atoms. The summed E-state index contributed by atoms with van der Waals surface area (Å²) in [4.78, 5) is 13.6. The van der Waals surface area contributed by atoms with Crippen LogP contribution in [0, 0.1) is 7.43 Å². The lowest BCUT2D eigenvalue weighted by Gasteiger charge is -1.94. The van der Waals surface area contributed by atoms with Crippen molar-refractivity contribution >= 4 is 12.6 Å². The number of nitrogens with zero attached hydrogens (tertiary/aromatic N) is 1. The van der Waals surface area contributed by atoms with E-state index >= 15 is 0 Å². The molecule has 12 heavy (non-hydrogen) atoms. The van der Waals surface area contributed by atoms with E-state index < -0.39 is 0 Å². The number of amides is 1. The van der Waals surface area contributed by atoms with E-state index in [0.29, 0.717) is 0 Å². The largest absolute Gasteiger partial charge is 0.359 e. The molecule has 3 heteroatoms. The Morgan fingerprint density at radius 3 is 2.58 bits per heavy atom. The van der Waals surface area contributed by atoms with Crippen LogP contribution in [0.3, 0.4) is 0 Å². The Morgan fingerprint density at radius 1 is 1.42 bits per heavy atom. The molecule has 3 nitrogen and oxygen atoms in total. The predicted molar refractivity (Wildman–Crippen MR) is 55.5 cm³/mol. The van der Waals surface area contributed by atoms with Crippen molar-refractivity contribution in [2.45, 2.75) is 26.7 Å². The van der Waals surface area contributed by atoms with Gasteiger partial charge in [0.1, 0.15) is 0 Å². The van der Waals surface area contributed by atoms with Gasteiger partial charge in [-0.3, -0.25) is 4.79 Å². The zero-order chi connectivity index (χ0) is 7.66. The van der Waals surface area contributed by atoms with Gasteiger partial charge >= 0.3 is 0 Å². The summed E-state index contributed by atoms with van der Waals surface area (Å²) in [7, 11) is 1.77. The van der Waals surface area contributed by atoms with Gasteiger partial charge < -0.3 is 10.3 Å². The van der Waals surface area contributed by atoms with Crippen molar-refractivity contribution in [3.63, 3.8) is 0 Å². The third-order valence-corrected chi connectivity index (χ3v) is 1.17. The highest BCUT2D eigenvalue weighted by Crippen LogP contribution is 1.89. The van der Waals surface area contributed by atoms with Crippen LogP contribution in [-0.4, -0.2) is 26.2 Å². The molecular weight excluding hydrogens is 156 g/mol. The second-order valence-corrected chi connectivity index (χ2v) is 2.01. The third-order valence-electron chi connectivity index (χ3n) is 1.17. The fourth-order valence-corrected chi connectivity index (χ4v) is 0.651. The monoisotopic (exact) mass is 177 g/mol. The van der Waals surface area contributed by atoms with Crippen LogP contribution in [0.25, 0.3) is 0 Å². The Bertz CT molecular complexity index is 103. The highest BCUT2D eigenvalue weighted by Gasteiger charge is 1.83. The molecule has 0 aliphatic carbocycles. The maximum atomic E-state index is 9.76. The molecule has 0 saturated carbocycles. The molecule has 0 aromatic rings. The number of carbonyl (C=O) groups excluding carboxylic acids is 1. The average molecular weight is 177 g/mol. The minimum atomic E-state index is 0. The standard InChI is InChI=1S/C7H14N2O.CH4.CH3/c1-8-5-3-2-4-6-9-7-10;;/h5,7H,2-4,6H2,1H3,(H,9,10);1H4;1H3/q;;+1/i1+1,7+1;2*1+1. The normalized spacial score (nSPS) is 8.42. The molecule has 0 heterocycles. The van der Waals surface area contributed by atoms with Gasteiger partial charge in [-0.15, -0.1) is 0 Å². The van der Waals surface area contributed by atoms with Crippen molar-refractivity contribution in [1.29, 1.82) is 0 Å². The van der Waals surface area contributed by atoms with Crippen LogP contribution in [0.5, 0.6) is 0 Å². The SMILES string of the molecule is [13CH3+].[13CH3]N=CCCCCN[13CH]=O.[13CH4]. The Balaban J connectivity index is -0.000000405. The van der Waals surface area contributed by atoms with Crippen molar-refractivity contribution < 1.29 is 4.79 Å². The van der Waals surface area contributed by atoms with Crippen LogP contribution in [0.2, 0.25) is 0 Å². The number of unbranched alkanes of at least 4 members (excludes halogenated alkanes) is 2. The Hall–Kier alpha value is -0.990. The van der Waals surface area contributed by atoms with E-state index in [9.17, 15) is 4.79 Å². The summed E-state index contributed by atoms with van der Waals surface area (Å²) >= 11 is 0. The zero-order valence-electron chi connectivity index (χ0n) is 7.34. The summed E-state index contributed by atoms with van der Waals surface area (Å²) in [6, 6.07) is 0. The van der Waals surface area contributed by atoms with E-state index in [2.05, 4.69) is 10.3 Å². The molecule has 1 amide bonds. The first-order chi connectivity index (χ1) is 4.91. The van der Waals surface area contributed by atoms with Crippen molar-refractivity contribution in [3.05, 3.63) is 7.43 Å². The topological polar surface area (TPSA) is 41.5 Å². The Morgan fingerprint density at radius 2 is 2.08 bits per heavy atom. The van der Waals surface area contributed by atoms with Crippen molar-refractivity contribution in [2.24, 2.45) is 4.99 Å². The average Bonchev–Trinajstić information content (AvgIpc) is 1.97. The van der Waals surface area contributed by atoms with Crippen LogP contribution < -0.4 is 5.32 Å². The number of rotatable bonds is 6. The minimum absolute atomic E-state index is 0. The quantitative estimate of drug-likeness (QED) is 0.217. The van der Waals surface area contributed by atoms with E-state index in [-0.39, 0.29) is 14.9 Å². The molecule has 0 fully saturated rings. The minimum Gasteiger partial charge on any atom is -0.359 e. The summed E-state index contributed by atoms with van der Waals surface area (Å²) in [5.41, 5.74) is 0. The number of hydrogen-bond acceptors (Lipinski definition) is 2. The summed E-state index contributed by atoms with van der Waals surface area (Å²) in [5, 5.41) is 2.60. The van der Waals surface area contributed by atoms with E-state index in [1.807, 2.05) is 6.21 Å². The maximum absolute atomic E-state index is 9.76. The number of aliphatic imine (C=N–C) groups is 1. The lowest BCUT2D eigenvalue weighted by molar-refractivity contribution is -0.109. The van der Waals surface area contributed by atoms with Crippen LogP contribution in [0.1, 0.15) is 26.7 Å². The summed E-state index contributed by atoms with van der Waals surface area (Å²) in [5.74, 6) is 0. The summed E-state index contributed by atoms with van der Waals surface area (Å²) < 4.78 is 0. The summed E-state index contributed by atoms with van der Waals surface area (Å²) in [6.45, 7) is 0.779. The molecule has 0 aliphatic heterocycles. The molecule has 0 unspecified atom stereocenters. The van der Waals surface area contributed by atoms with Crippen LogP contribution >= 0.6 is 0 Å². The third kappa shape index (κ3) is 16.0. The molecule has 1 N–H and O–H groups in total.